The summed E-state index contributed by atoms with van der Waals surface area (Å²) in [5, 5.41) is 0. The zero-order valence-corrected chi connectivity index (χ0v) is 13.3. The highest BCUT2D eigenvalue weighted by atomic mass is 79.9. The van der Waals surface area contributed by atoms with Gasteiger partial charge in [0.1, 0.15) is 0 Å². The van der Waals surface area contributed by atoms with Gasteiger partial charge in [0.05, 0.1) is 0 Å². The lowest BCUT2D eigenvalue weighted by molar-refractivity contribution is 0.712. The Morgan fingerprint density at radius 1 is 1.47 bits per heavy atom. The molecule has 0 aromatic carbocycles. The number of halogens is 1. The average Bonchev–Trinajstić information content (AvgIpc) is 2.19. The molecule has 5 heteroatoms. The highest BCUT2D eigenvalue weighted by molar-refractivity contribution is 9.10. The molecule has 0 aliphatic carbocycles. The second-order valence-electron chi connectivity index (χ2n) is 5.08. The van der Waals surface area contributed by atoms with Crippen LogP contribution >= 0.6 is 27.9 Å². The highest BCUT2D eigenvalue weighted by Gasteiger charge is 2.16. The Bertz CT molecular complexity index is 451. The van der Waals surface area contributed by atoms with E-state index in [-0.39, 0.29) is 16.3 Å². The molecule has 0 radical (unpaired) electrons. The van der Waals surface area contributed by atoms with Crippen LogP contribution in [0, 0.1) is 0 Å². The number of nitrogens with one attached hydrogen (secondary N) is 1. The molecule has 0 aliphatic heterocycles. The molecule has 1 rings (SSSR count). The molecule has 1 heterocycles. The summed E-state index contributed by atoms with van der Waals surface area (Å²) < 4.78 is 6.04. The fourth-order valence-electron chi connectivity index (χ4n) is 1.27. The maximum atomic E-state index is 11.6. The summed E-state index contributed by atoms with van der Waals surface area (Å²) in [6.07, 6.45) is 1.80. The molecule has 0 aliphatic rings. The van der Waals surface area contributed by atoms with Gasteiger partial charge in [-0.2, -0.15) is 0 Å². The van der Waals surface area contributed by atoms with Crippen LogP contribution in [0.1, 0.15) is 39.3 Å². The Morgan fingerprint density at radius 2 is 2.06 bits per heavy atom. The lowest BCUT2D eigenvalue weighted by atomic mass is 10.1. The van der Waals surface area contributed by atoms with Crippen LogP contribution < -0.4 is 10.3 Å². The first-order chi connectivity index (χ1) is 7.70. The van der Waals surface area contributed by atoms with Crippen molar-refractivity contribution in [3.63, 3.8) is 0 Å². The Labute approximate surface area is 115 Å². The van der Waals surface area contributed by atoms with Gasteiger partial charge in [0.25, 0.3) is 5.56 Å². The molecule has 1 unspecified atom stereocenters. The molecule has 96 valence electrons. The van der Waals surface area contributed by atoms with Gasteiger partial charge in [-0.15, -0.1) is 0 Å². The van der Waals surface area contributed by atoms with Crippen LogP contribution in [0.25, 0.3) is 0 Å². The van der Waals surface area contributed by atoms with E-state index < -0.39 is 0 Å². The molecule has 0 saturated carbocycles. The van der Waals surface area contributed by atoms with E-state index in [1.54, 1.807) is 35.8 Å². The van der Waals surface area contributed by atoms with E-state index in [1.807, 2.05) is 0 Å². The second-order valence-corrected chi connectivity index (χ2v) is 7.60. The monoisotopic (exact) mass is 318 g/mol. The van der Waals surface area contributed by atoms with Crippen LogP contribution in [-0.2, 0) is 7.05 Å². The normalized spacial score (nSPS) is 13.8. The Kier molecular flexibility index (Phi) is 4.86. The minimum Gasteiger partial charge on any atom is -0.317 e. The summed E-state index contributed by atoms with van der Waals surface area (Å²) in [6, 6.07) is 1.80. The molecule has 1 aromatic rings. The predicted molar refractivity (Wildman–Crippen MR) is 78.3 cm³/mol. The SMILES string of the molecule is CC(NSC(C)(C)C)c1cc(=O)n(C)cc1Br. The maximum absolute atomic E-state index is 11.6. The molecular weight excluding hydrogens is 300 g/mol. The van der Waals surface area contributed by atoms with Crippen LogP contribution in [0.15, 0.2) is 21.5 Å². The molecule has 1 N–H and O–H groups in total. The lowest BCUT2D eigenvalue weighted by Crippen LogP contribution is -2.23. The molecule has 0 amide bonds. The van der Waals surface area contributed by atoms with Gasteiger partial charge in [-0.05, 0) is 49.2 Å². The first kappa shape index (κ1) is 14.8. The van der Waals surface area contributed by atoms with Crippen LogP contribution in [0.5, 0.6) is 0 Å². The van der Waals surface area contributed by atoms with Crippen molar-refractivity contribution in [3.8, 4) is 0 Å². The molecule has 17 heavy (non-hydrogen) atoms. The molecular formula is C12H19BrN2OS. The van der Waals surface area contributed by atoms with E-state index in [0.29, 0.717) is 0 Å². The number of rotatable bonds is 3. The molecule has 3 nitrogen and oxygen atoms in total. The molecule has 0 bridgehead atoms. The molecule has 0 spiro atoms. The molecule has 0 fully saturated rings. The zero-order valence-electron chi connectivity index (χ0n) is 10.9. The smallest absolute Gasteiger partial charge is 0.250 e. The van der Waals surface area contributed by atoms with Gasteiger partial charge < -0.3 is 4.57 Å². The Hall–Kier alpha value is -0.260. The van der Waals surface area contributed by atoms with Crippen molar-refractivity contribution in [2.45, 2.75) is 38.5 Å². The minimum atomic E-state index is 0.0117. The van der Waals surface area contributed by atoms with Gasteiger partial charge in [0, 0.05) is 34.6 Å². The van der Waals surface area contributed by atoms with Crippen LogP contribution in [0.3, 0.4) is 0 Å². The quantitative estimate of drug-likeness (QED) is 0.869. The van der Waals surface area contributed by atoms with Gasteiger partial charge in [-0.3, -0.25) is 9.52 Å². The van der Waals surface area contributed by atoms with Gasteiger partial charge >= 0.3 is 0 Å². The van der Waals surface area contributed by atoms with Crippen molar-refractivity contribution >= 4 is 27.9 Å². The highest BCUT2D eigenvalue weighted by Crippen LogP contribution is 2.27. The molecule has 1 atom stereocenters. The standard InChI is InChI=1S/C12H19BrN2OS/c1-8(14-17-12(2,3)4)9-6-11(16)15(5)7-10(9)13/h6-8,14H,1-5H3. The minimum absolute atomic E-state index is 0.0117. The summed E-state index contributed by atoms with van der Waals surface area (Å²) in [7, 11) is 1.75. The number of pyridine rings is 1. The maximum Gasteiger partial charge on any atom is 0.250 e. The summed E-state index contributed by atoms with van der Waals surface area (Å²) in [5.74, 6) is 0. The third-order valence-corrected chi connectivity index (χ3v) is 3.96. The van der Waals surface area contributed by atoms with Crippen LogP contribution in [-0.4, -0.2) is 9.31 Å². The number of aromatic nitrogens is 1. The average molecular weight is 319 g/mol. The summed E-state index contributed by atoms with van der Waals surface area (Å²) in [5.41, 5.74) is 1.00. The van der Waals surface area contributed by atoms with Gasteiger partial charge in [0.15, 0.2) is 0 Å². The van der Waals surface area contributed by atoms with Crippen molar-refractivity contribution < 1.29 is 0 Å². The fraction of sp³-hybridized carbons (Fsp3) is 0.583. The van der Waals surface area contributed by atoms with Gasteiger partial charge in [-0.25, -0.2) is 0 Å². The second kappa shape index (κ2) is 5.59. The third kappa shape index (κ3) is 4.48. The zero-order chi connectivity index (χ0) is 13.2. The number of hydrogen-bond acceptors (Lipinski definition) is 3. The van der Waals surface area contributed by atoms with Gasteiger partial charge in [0.2, 0.25) is 0 Å². The van der Waals surface area contributed by atoms with E-state index >= 15 is 0 Å². The topological polar surface area (TPSA) is 34.0 Å². The van der Waals surface area contributed by atoms with Crippen molar-refractivity contribution in [2.75, 3.05) is 0 Å². The molecule has 0 saturated heterocycles. The van der Waals surface area contributed by atoms with Crippen molar-refractivity contribution in [1.82, 2.24) is 9.29 Å². The van der Waals surface area contributed by atoms with Crippen LogP contribution in [0.2, 0.25) is 0 Å². The van der Waals surface area contributed by atoms with Crippen LogP contribution in [0.4, 0.5) is 0 Å². The van der Waals surface area contributed by atoms with E-state index in [1.165, 1.54) is 0 Å². The van der Waals surface area contributed by atoms with Crippen molar-refractivity contribution in [1.29, 1.82) is 0 Å². The summed E-state index contributed by atoms with van der Waals surface area (Å²) >= 11 is 5.17. The Morgan fingerprint density at radius 3 is 2.59 bits per heavy atom. The van der Waals surface area contributed by atoms with Crippen molar-refractivity contribution in [3.05, 3.63) is 32.7 Å². The van der Waals surface area contributed by atoms with E-state index in [0.717, 1.165) is 10.0 Å². The number of nitrogens with zero attached hydrogens (tertiary/aromatic N) is 1. The first-order valence-corrected chi connectivity index (χ1v) is 7.11. The van der Waals surface area contributed by atoms with Crippen molar-refractivity contribution in [2.24, 2.45) is 7.05 Å². The van der Waals surface area contributed by atoms with E-state index in [4.69, 9.17) is 0 Å². The number of hydrogen-bond donors (Lipinski definition) is 1. The van der Waals surface area contributed by atoms with Gasteiger partial charge in [-0.1, -0.05) is 11.9 Å². The summed E-state index contributed by atoms with van der Waals surface area (Å²) in [6.45, 7) is 8.50. The predicted octanol–water partition coefficient (Wildman–Crippen LogP) is 3.25. The lowest BCUT2D eigenvalue weighted by Gasteiger charge is -2.22. The largest absolute Gasteiger partial charge is 0.317 e. The summed E-state index contributed by atoms with van der Waals surface area (Å²) in [4.78, 5) is 11.6. The third-order valence-electron chi connectivity index (χ3n) is 2.22. The van der Waals surface area contributed by atoms with E-state index in [2.05, 4.69) is 48.3 Å². The fourth-order valence-corrected chi connectivity index (χ4v) is 2.69. The Balaban J connectivity index is 2.86. The first-order valence-electron chi connectivity index (χ1n) is 5.50. The number of aryl methyl sites for hydroxylation is 1. The van der Waals surface area contributed by atoms with E-state index in [9.17, 15) is 4.79 Å². The molecule has 1 aromatic heterocycles.